The normalized spacial score (nSPS) is 20.4. The lowest BCUT2D eigenvalue weighted by atomic mass is 10.1. The molecule has 2 aromatic rings. The Hall–Kier alpha value is -2.54. The van der Waals surface area contributed by atoms with Crippen molar-refractivity contribution in [1.29, 1.82) is 0 Å². The molecule has 0 aromatic carbocycles. The molecular formula is C18H21N5O2. The fraction of sp³-hybridized carbons (Fsp3) is 0.444. The lowest BCUT2D eigenvalue weighted by Crippen LogP contribution is -2.42. The van der Waals surface area contributed by atoms with Gasteiger partial charge < -0.3 is 15.0 Å². The van der Waals surface area contributed by atoms with Crippen LogP contribution in [0.2, 0.25) is 0 Å². The molecule has 4 rings (SSSR count). The van der Waals surface area contributed by atoms with Crippen molar-refractivity contribution in [3.8, 4) is 0 Å². The van der Waals surface area contributed by atoms with Crippen LogP contribution < -0.4 is 5.32 Å². The van der Waals surface area contributed by atoms with Gasteiger partial charge in [-0.25, -0.2) is 15.0 Å². The van der Waals surface area contributed by atoms with Gasteiger partial charge in [-0.05, 0) is 25.0 Å². The Morgan fingerprint density at radius 3 is 2.80 bits per heavy atom. The number of ether oxygens (including phenoxy) is 1. The molecule has 7 heteroatoms. The minimum Gasteiger partial charge on any atom is -0.373 e. The first-order valence-electron chi connectivity index (χ1n) is 8.62. The van der Waals surface area contributed by atoms with E-state index >= 15 is 0 Å². The molecule has 0 spiro atoms. The molecular weight excluding hydrogens is 318 g/mol. The van der Waals surface area contributed by atoms with Gasteiger partial charge in [-0.1, -0.05) is 6.07 Å². The molecule has 3 heterocycles. The zero-order valence-electron chi connectivity index (χ0n) is 14.2. The number of anilines is 1. The molecule has 1 saturated carbocycles. The molecule has 1 atom stereocenters. The molecule has 1 aliphatic carbocycles. The Kier molecular flexibility index (Phi) is 4.31. The largest absolute Gasteiger partial charge is 0.373 e. The van der Waals surface area contributed by atoms with Crippen LogP contribution in [0.5, 0.6) is 0 Å². The van der Waals surface area contributed by atoms with Crippen molar-refractivity contribution in [1.82, 2.24) is 19.9 Å². The highest BCUT2D eigenvalue weighted by Gasteiger charge is 2.29. The number of morpholine rings is 1. The zero-order valence-corrected chi connectivity index (χ0v) is 14.2. The molecule has 1 saturated heterocycles. The standard InChI is InChI=1S/C18H21N5O2/c1-19-16-4-2-3-14(22-16)15-11-23(7-8-25-15)18(24)13-9-20-17(21-10-13)12-5-6-12/h2-4,9-10,12,15H,5-8,11H2,1H3,(H,19,22). The summed E-state index contributed by atoms with van der Waals surface area (Å²) in [7, 11) is 1.83. The minimum atomic E-state index is -0.224. The number of aromatic nitrogens is 3. The molecule has 2 aliphatic rings. The number of rotatable bonds is 4. The summed E-state index contributed by atoms with van der Waals surface area (Å²) < 4.78 is 5.82. The van der Waals surface area contributed by atoms with Crippen LogP contribution in [0.3, 0.4) is 0 Å². The van der Waals surface area contributed by atoms with Crippen LogP contribution in [0.4, 0.5) is 5.82 Å². The third-order valence-electron chi connectivity index (χ3n) is 4.57. The van der Waals surface area contributed by atoms with Gasteiger partial charge in [0.1, 0.15) is 17.7 Å². The topological polar surface area (TPSA) is 80.2 Å². The summed E-state index contributed by atoms with van der Waals surface area (Å²) in [5, 5.41) is 3.02. The molecule has 25 heavy (non-hydrogen) atoms. The lowest BCUT2D eigenvalue weighted by Gasteiger charge is -2.32. The highest BCUT2D eigenvalue weighted by atomic mass is 16.5. The smallest absolute Gasteiger partial charge is 0.257 e. The number of pyridine rings is 1. The zero-order chi connectivity index (χ0) is 17.2. The number of amides is 1. The van der Waals surface area contributed by atoms with Gasteiger partial charge in [0.2, 0.25) is 0 Å². The van der Waals surface area contributed by atoms with E-state index in [9.17, 15) is 4.79 Å². The first-order valence-corrected chi connectivity index (χ1v) is 8.62. The molecule has 2 aromatic heterocycles. The molecule has 7 nitrogen and oxygen atoms in total. The SMILES string of the molecule is CNc1cccc(C2CN(C(=O)c3cnc(C4CC4)nc3)CCO2)n1. The van der Waals surface area contributed by atoms with Crippen LogP contribution in [0.15, 0.2) is 30.6 Å². The highest BCUT2D eigenvalue weighted by molar-refractivity contribution is 5.93. The van der Waals surface area contributed by atoms with Gasteiger partial charge in [0, 0.05) is 31.9 Å². The van der Waals surface area contributed by atoms with E-state index in [1.54, 1.807) is 17.3 Å². The predicted molar refractivity (Wildman–Crippen MR) is 92.4 cm³/mol. The average Bonchev–Trinajstić information content (AvgIpc) is 3.53. The average molecular weight is 339 g/mol. The van der Waals surface area contributed by atoms with Crippen molar-refractivity contribution in [3.63, 3.8) is 0 Å². The summed E-state index contributed by atoms with van der Waals surface area (Å²) in [6.07, 6.45) is 5.37. The fourth-order valence-corrected chi connectivity index (χ4v) is 2.97. The molecule has 1 N–H and O–H groups in total. The van der Waals surface area contributed by atoms with Crippen LogP contribution in [0.25, 0.3) is 0 Å². The fourth-order valence-electron chi connectivity index (χ4n) is 2.97. The van der Waals surface area contributed by atoms with E-state index in [2.05, 4.69) is 20.3 Å². The van der Waals surface area contributed by atoms with E-state index in [-0.39, 0.29) is 12.0 Å². The number of hydrogen-bond acceptors (Lipinski definition) is 6. The molecule has 2 fully saturated rings. The second-order valence-corrected chi connectivity index (χ2v) is 6.41. The maximum absolute atomic E-state index is 12.8. The summed E-state index contributed by atoms with van der Waals surface area (Å²) in [5.41, 5.74) is 1.35. The Morgan fingerprint density at radius 2 is 2.08 bits per heavy atom. The van der Waals surface area contributed by atoms with E-state index in [0.717, 1.165) is 30.2 Å². The second kappa shape index (κ2) is 6.76. The maximum Gasteiger partial charge on any atom is 0.257 e. The summed E-state index contributed by atoms with van der Waals surface area (Å²) >= 11 is 0. The van der Waals surface area contributed by atoms with Crippen molar-refractivity contribution in [2.45, 2.75) is 24.9 Å². The highest BCUT2D eigenvalue weighted by Crippen LogP contribution is 2.37. The van der Waals surface area contributed by atoms with Gasteiger partial charge in [-0.3, -0.25) is 4.79 Å². The van der Waals surface area contributed by atoms with Crippen molar-refractivity contribution in [2.75, 3.05) is 32.1 Å². The predicted octanol–water partition coefficient (Wildman–Crippen LogP) is 2.00. The third kappa shape index (κ3) is 3.46. The summed E-state index contributed by atoms with van der Waals surface area (Å²) in [5.74, 6) is 2.07. The maximum atomic E-state index is 12.8. The van der Waals surface area contributed by atoms with Crippen molar-refractivity contribution >= 4 is 11.7 Å². The third-order valence-corrected chi connectivity index (χ3v) is 4.57. The molecule has 0 radical (unpaired) electrons. The van der Waals surface area contributed by atoms with E-state index < -0.39 is 0 Å². The first-order chi connectivity index (χ1) is 12.2. The molecule has 130 valence electrons. The van der Waals surface area contributed by atoms with Gasteiger partial charge in [0.25, 0.3) is 5.91 Å². The number of nitrogens with zero attached hydrogens (tertiary/aromatic N) is 4. The number of hydrogen-bond donors (Lipinski definition) is 1. The first kappa shape index (κ1) is 16.0. The summed E-state index contributed by atoms with van der Waals surface area (Å²) in [6.45, 7) is 1.53. The van der Waals surface area contributed by atoms with Gasteiger partial charge in [0.05, 0.1) is 24.4 Å². The second-order valence-electron chi connectivity index (χ2n) is 6.41. The van der Waals surface area contributed by atoms with Gasteiger partial charge in [0.15, 0.2) is 0 Å². The molecule has 1 amide bonds. The monoisotopic (exact) mass is 339 g/mol. The number of carbonyl (C=O) groups excluding carboxylic acids is 1. The minimum absolute atomic E-state index is 0.0552. The summed E-state index contributed by atoms with van der Waals surface area (Å²) in [4.78, 5) is 27.8. The van der Waals surface area contributed by atoms with Gasteiger partial charge >= 0.3 is 0 Å². The van der Waals surface area contributed by atoms with E-state index in [4.69, 9.17) is 4.74 Å². The van der Waals surface area contributed by atoms with Crippen molar-refractivity contribution in [3.05, 3.63) is 47.7 Å². The Labute approximate surface area is 146 Å². The van der Waals surface area contributed by atoms with Crippen molar-refractivity contribution < 1.29 is 9.53 Å². The van der Waals surface area contributed by atoms with Crippen LogP contribution in [0, 0.1) is 0 Å². The van der Waals surface area contributed by atoms with Crippen LogP contribution >= 0.6 is 0 Å². The van der Waals surface area contributed by atoms with E-state index in [0.29, 0.717) is 31.2 Å². The molecule has 1 unspecified atom stereocenters. The van der Waals surface area contributed by atoms with E-state index in [1.165, 1.54) is 0 Å². The van der Waals surface area contributed by atoms with E-state index in [1.807, 2.05) is 25.2 Å². The number of carbonyl (C=O) groups is 1. The van der Waals surface area contributed by atoms with Gasteiger partial charge in [-0.15, -0.1) is 0 Å². The summed E-state index contributed by atoms with van der Waals surface area (Å²) in [6, 6.07) is 5.75. The van der Waals surface area contributed by atoms with Crippen LogP contribution in [0.1, 0.15) is 46.7 Å². The Bertz CT molecular complexity index is 760. The lowest BCUT2D eigenvalue weighted by molar-refractivity contribution is -0.0247. The van der Waals surface area contributed by atoms with Crippen molar-refractivity contribution in [2.24, 2.45) is 0 Å². The van der Waals surface area contributed by atoms with Gasteiger partial charge in [-0.2, -0.15) is 0 Å². The Balaban J connectivity index is 1.47. The van der Waals surface area contributed by atoms with Crippen LogP contribution in [-0.4, -0.2) is 52.5 Å². The molecule has 1 aliphatic heterocycles. The Morgan fingerprint density at radius 1 is 1.28 bits per heavy atom. The quantitative estimate of drug-likeness (QED) is 0.918. The van der Waals surface area contributed by atoms with Crippen LogP contribution in [-0.2, 0) is 4.74 Å². The molecule has 0 bridgehead atoms. The number of nitrogens with one attached hydrogen (secondary N) is 1.